The molecule has 0 heterocycles. The second kappa shape index (κ2) is 8.04. The number of benzene rings is 2. The quantitative estimate of drug-likeness (QED) is 0.858. The Kier molecular flexibility index (Phi) is 5.77. The lowest BCUT2D eigenvalue weighted by Crippen LogP contribution is -2.38. The van der Waals surface area contributed by atoms with Crippen molar-refractivity contribution in [1.29, 1.82) is 0 Å². The van der Waals surface area contributed by atoms with Gasteiger partial charge in [-0.2, -0.15) is 0 Å². The maximum atomic E-state index is 13.2. The molecule has 1 unspecified atom stereocenters. The van der Waals surface area contributed by atoms with Crippen molar-refractivity contribution >= 4 is 15.7 Å². The number of sulfone groups is 1. The molecule has 3 rings (SSSR count). The van der Waals surface area contributed by atoms with Crippen molar-refractivity contribution in [2.24, 2.45) is 5.92 Å². The van der Waals surface area contributed by atoms with E-state index in [0.717, 1.165) is 37.7 Å². The molecular weight excluding hydrogens is 346 g/mol. The predicted octanol–water partition coefficient (Wildman–Crippen LogP) is 4.16. The van der Waals surface area contributed by atoms with Gasteiger partial charge in [0.15, 0.2) is 5.37 Å². The lowest BCUT2D eigenvalue weighted by Gasteiger charge is -2.25. The van der Waals surface area contributed by atoms with Crippen LogP contribution in [0.25, 0.3) is 0 Å². The Labute approximate surface area is 155 Å². The predicted molar refractivity (Wildman–Crippen MR) is 102 cm³/mol. The fourth-order valence-corrected chi connectivity index (χ4v) is 5.02. The molecule has 26 heavy (non-hydrogen) atoms. The Morgan fingerprint density at radius 1 is 0.962 bits per heavy atom. The monoisotopic (exact) mass is 371 g/mol. The first-order valence-electron chi connectivity index (χ1n) is 9.14. The molecule has 1 aliphatic rings. The average Bonchev–Trinajstić information content (AvgIpc) is 2.67. The van der Waals surface area contributed by atoms with Crippen molar-refractivity contribution in [3.8, 4) is 0 Å². The molecule has 5 heteroatoms. The minimum absolute atomic E-state index is 0.0943. The Morgan fingerprint density at radius 3 is 2.19 bits per heavy atom. The molecule has 0 saturated heterocycles. The van der Waals surface area contributed by atoms with E-state index >= 15 is 0 Å². The molecule has 0 bridgehead atoms. The molecule has 1 atom stereocenters. The van der Waals surface area contributed by atoms with Gasteiger partial charge in [0.1, 0.15) is 0 Å². The number of carbonyl (C=O) groups is 1. The molecule has 0 spiro atoms. The van der Waals surface area contributed by atoms with Gasteiger partial charge in [-0.1, -0.05) is 67.3 Å². The van der Waals surface area contributed by atoms with E-state index in [-0.39, 0.29) is 16.7 Å². The van der Waals surface area contributed by atoms with Crippen molar-refractivity contribution in [1.82, 2.24) is 5.32 Å². The van der Waals surface area contributed by atoms with E-state index in [9.17, 15) is 13.2 Å². The number of aryl methyl sites for hydroxylation is 1. The van der Waals surface area contributed by atoms with Gasteiger partial charge >= 0.3 is 0 Å². The van der Waals surface area contributed by atoms with Crippen LogP contribution in [0, 0.1) is 12.8 Å². The summed E-state index contributed by atoms with van der Waals surface area (Å²) in [5, 5.41) is 1.76. The first kappa shape index (κ1) is 18.6. The van der Waals surface area contributed by atoms with Gasteiger partial charge in [0.05, 0.1) is 4.90 Å². The maximum Gasteiger partial charge on any atom is 0.224 e. The average molecular weight is 372 g/mol. The summed E-state index contributed by atoms with van der Waals surface area (Å²) >= 11 is 0. The summed E-state index contributed by atoms with van der Waals surface area (Å²) in [5.41, 5.74) is 1.57. The summed E-state index contributed by atoms with van der Waals surface area (Å²) < 4.78 is 26.5. The van der Waals surface area contributed by atoms with Crippen LogP contribution in [0.2, 0.25) is 0 Å². The van der Waals surface area contributed by atoms with E-state index in [1.54, 1.807) is 48.5 Å². The number of rotatable bonds is 5. The summed E-state index contributed by atoms with van der Waals surface area (Å²) in [6.07, 6.45) is 4.86. The highest BCUT2D eigenvalue weighted by molar-refractivity contribution is 7.91. The van der Waals surface area contributed by atoms with Crippen LogP contribution in [0.4, 0.5) is 0 Å². The largest absolute Gasteiger partial charge is 0.335 e. The van der Waals surface area contributed by atoms with Gasteiger partial charge in [0.25, 0.3) is 0 Å². The van der Waals surface area contributed by atoms with E-state index in [1.165, 1.54) is 0 Å². The van der Waals surface area contributed by atoms with Crippen LogP contribution in [-0.4, -0.2) is 14.3 Å². The first-order valence-corrected chi connectivity index (χ1v) is 10.7. The van der Waals surface area contributed by atoms with Crippen LogP contribution >= 0.6 is 0 Å². The van der Waals surface area contributed by atoms with E-state index < -0.39 is 15.2 Å². The van der Waals surface area contributed by atoms with Crippen LogP contribution in [0.1, 0.15) is 48.6 Å². The van der Waals surface area contributed by atoms with Gasteiger partial charge in [-0.3, -0.25) is 4.79 Å². The molecule has 138 valence electrons. The molecule has 1 amide bonds. The minimum Gasteiger partial charge on any atom is -0.335 e. The fraction of sp³-hybridized carbons (Fsp3) is 0.381. The number of hydrogen-bond acceptors (Lipinski definition) is 3. The van der Waals surface area contributed by atoms with Gasteiger partial charge < -0.3 is 5.32 Å². The van der Waals surface area contributed by atoms with Crippen molar-refractivity contribution in [3.05, 3.63) is 65.7 Å². The molecule has 1 fully saturated rings. The molecule has 2 aromatic carbocycles. The van der Waals surface area contributed by atoms with Crippen LogP contribution in [0.15, 0.2) is 59.5 Å². The van der Waals surface area contributed by atoms with Crippen LogP contribution in [-0.2, 0) is 14.6 Å². The van der Waals surface area contributed by atoms with E-state index in [1.807, 2.05) is 13.0 Å². The fourth-order valence-electron chi connectivity index (χ4n) is 3.44. The highest BCUT2D eigenvalue weighted by Gasteiger charge is 2.32. The Bertz CT molecular complexity index is 839. The van der Waals surface area contributed by atoms with Gasteiger partial charge in [-0.15, -0.1) is 0 Å². The van der Waals surface area contributed by atoms with E-state index in [0.29, 0.717) is 5.56 Å². The zero-order chi connectivity index (χ0) is 18.6. The molecule has 0 aliphatic heterocycles. The van der Waals surface area contributed by atoms with Crippen LogP contribution in [0.3, 0.4) is 0 Å². The number of carbonyl (C=O) groups excluding carboxylic acids is 1. The molecule has 2 aromatic rings. The molecule has 1 saturated carbocycles. The highest BCUT2D eigenvalue weighted by Crippen LogP contribution is 2.29. The number of nitrogens with one attached hydrogen (secondary N) is 1. The Balaban J connectivity index is 1.93. The SMILES string of the molecule is Cc1ccc(S(=O)(=O)C(NC(=O)C2CCCCC2)c2ccccc2)cc1. The van der Waals surface area contributed by atoms with Gasteiger partial charge in [0, 0.05) is 5.92 Å². The number of hydrogen-bond donors (Lipinski definition) is 1. The van der Waals surface area contributed by atoms with Gasteiger partial charge in [-0.25, -0.2) is 8.42 Å². The molecule has 1 N–H and O–H groups in total. The summed E-state index contributed by atoms with van der Waals surface area (Å²) in [7, 11) is -3.74. The Morgan fingerprint density at radius 2 is 1.58 bits per heavy atom. The van der Waals surface area contributed by atoms with E-state index in [4.69, 9.17) is 0 Å². The van der Waals surface area contributed by atoms with Crippen molar-refractivity contribution in [2.45, 2.75) is 49.3 Å². The van der Waals surface area contributed by atoms with E-state index in [2.05, 4.69) is 5.32 Å². The van der Waals surface area contributed by atoms with Crippen molar-refractivity contribution in [3.63, 3.8) is 0 Å². The topological polar surface area (TPSA) is 63.2 Å². The highest BCUT2D eigenvalue weighted by atomic mass is 32.2. The normalized spacial score (nSPS) is 16.8. The zero-order valence-electron chi connectivity index (χ0n) is 15.0. The lowest BCUT2D eigenvalue weighted by molar-refractivity contribution is -0.126. The second-order valence-electron chi connectivity index (χ2n) is 6.99. The van der Waals surface area contributed by atoms with Crippen LogP contribution < -0.4 is 5.32 Å². The van der Waals surface area contributed by atoms with Gasteiger partial charge in [0.2, 0.25) is 15.7 Å². The summed E-state index contributed by atoms with van der Waals surface area (Å²) in [6, 6.07) is 15.7. The zero-order valence-corrected chi connectivity index (χ0v) is 15.8. The molecule has 4 nitrogen and oxygen atoms in total. The third-order valence-corrected chi connectivity index (χ3v) is 6.95. The maximum absolute atomic E-state index is 13.2. The molecule has 0 aromatic heterocycles. The molecule has 1 aliphatic carbocycles. The Hall–Kier alpha value is -2.14. The third kappa shape index (κ3) is 4.15. The second-order valence-corrected chi connectivity index (χ2v) is 9.03. The summed E-state index contributed by atoms with van der Waals surface area (Å²) in [4.78, 5) is 13.0. The van der Waals surface area contributed by atoms with Crippen molar-refractivity contribution in [2.75, 3.05) is 0 Å². The molecular formula is C21H25NO3S. The lowest BCUT2D eigenvalue weighted by atomic mass is 9.88. The summed E-state index contributed by atoms with van der Waals surface area (Å²) in [6.45, 7) is 1.91. The van der Waals surface area contributed by atoms with Crippen molar-refractivity contribution < 1.29 is 13.2 Å². The smallest absolute Gasteiger partial charge is 0.224 e. The first-order chi connectivity index (χ1) is 12.5. The van der Waals surface area contributed by atoms with Gasteiger partial charge in [-0.05, 0) is 37.5 Å². The molecule has 0 radical (unpaired) electrons. The van der Waals surface area contributed by atoms with Crippen LogP contribution in [0.5, 0.6) is 0 Å². The summed E-state index contributed by atoms with van der Waals surface area (Å²) in [5.74, 6) is -0.252. The standard InChI is InChI=1S/C21H25NO3S/c1-16-12-14-19(15-13-16)26(24,25)21(18-10-6-3-7-11-18)22-20(23)17-8-4-2-5-9-17/h3,6-7,10-15,17,21H,2,4-5,8-9H2,1H3,(H,22,23). The third-order valence-electron chi connectivity index (χ3n) is 5.01. The minimum atomic E-state index is -3.74. The number of amides is 1.